The molecule has 0 aliphatic heterocycles. The molecule has 6 nitrogen and oxygen atoms in total. The van der Waals surface area contributed by atoms with Crippen molar-refractivity contribution in [1.82, 2.24) is 20.2 Å². The lowest BCUT2D eigenvalue weighted by Gasteiger charge is -2.08. The van der Waals surface area contributed by atoms with Crippen LogP contribution in [0.1, 0.15) is 17.8 Å². The summed E-state index contributed by atoms with van der Waals surface area (Å²) in [6.45, 7) is 1.80. The van der Waals surface area contributed by atoms with Gasteiger partial charge in [-0.1, -0.05) is 18.2 Å². The molecule has 0 unspecified atom stereocenters. The number of hydrogen-bond acceptors (Lipinski definition) is 4. The lowest BCUT2D eigenvalue weighted by atomic mass is 10.1. The fourth-order valence-electron chi connectivity index (χ4n) is 1.62. The Morgan fingerprint density at radius 3 is 2.82 bits per heavy atom. The second kappa shape index (κ2) is 4.73. The summed E-state index contributed by atoms with van der Waals surface area (Å²) in [4.78, 5) is 10.6. The Kier molecular flexibility index (Phi) is 3.13. The maximum absolute atomic E-state index is 10.6. The van der Waals surface area contributed by atoms with Crippen LogP contribution in [0.25, 0.3) is 5.69 Å². The number of nitrogens with zero attached hydrogens (tertiary/aromatic N) is 4. The summed E-state index contributed by atoms with van der Waals surface area (Å²) in [7, 11) is 0. The third-order valence-electron chi connectivity index (χ3n) is 2.45. The van der Waals surface area contributed by atoms with E-state index < -0.39 is 5.97 Å². The van der Waals surface area contributed by atoms with Crippen LogP contribution >= 0.6 is 0 Å². The highest BCUT2D eigenvalue weighted by Gasteiger charge is 2.09. The van der Waals surface area contributed by atoms with Crippen LogP contribution in [0.3, 0.4) is 0 Å². The average molecular weight is 232 g/mol. The molecule has 0 spiro atoms. The van der Waals surface area contributed by atoms with Crippen molar-refractivity contribution in [2.45, 2.75) is 19.8 Å². The molecule has 2 rings (SSSR count). The van der Waals surface area contributed by atoms with Gasteiger partial charge in [-0.25, -0.2) is 0 Å². The van der Waals surface area contributed by atoms with Crippen molar-refractivity contribution in [2.75, 3.05) is 0 Å². The van der Waals surface area contributed by atoms with Crippen molar-refractivity contribution in [2.24, 2.45) is 0 Å². The van der Waals surface area contributed by atoms with Crippen LogP contribution in [0.15, 0.2) is 24.3 Å². The number of benzene rings is 1. The Bertz CT molecular complexity index is 536. The van der Waals surface area contributed by atoms with Crippen LogP contribution in [0.5, 0.6) is 0 Å². The number of aryl methyl sites for hydroxylation is 2. The van der Waals surface area contributed by atoms with E-state index in [2.05, 4.69) is 15.5 Å². The Morgan fingerprint density at radius 1 is 1.41 bits per heavy atom. The van der Waals surface area contributed by atoms with E-state index in [0.29, 0.717) is 12.2 Å². The Balaban J connectivity index is 2.34. The van der Waals surface area contributed by atoms with Gasteiger partial charge in [0.15, 0.2) is 5.82 Å². The second-order valence-corrected chi connectivity index (χ2v) is 3.66. The fraction of sp³-hybridized carbons (Fsp3) is 0.273. The standard InChI is InChI=1S/C11H12N4O2/c1-8-12-13-14-15(8)10-5-3-2-4-9(10)6-7-11(16)17/h2-5H,6-7H2,1H3,(H,16,17). The van der Waals surface area contributed by atoms with Crippen LogP contribution in [0, 0.1) is 6.92 Å². The van der Waals surface area contributed by atoms with Gasteiger partial charge in [0.2, 0.25) is 0 Å². The number of tetrazole rings is 1. The van der Waals surface area contributed by atoms with Gasteiger partial charge in [0.25, 0.3) is 0 Å². The smallest absolute Gasteiger partial charge is 0.303 e. The third kappa shape index (κ3) is 2.47. The van der Waals surface area contributed by atoms with Crippen LogP contribution in [-0.2, 0) is 11.2 Å². The van der Waals surface area contributed by atoms with E-state index in [1.807, 2.05) is 24.3 Å². The first-order valence-corrected chi connectivity index (χ1v) is 5.23. The lowest BCUT2D eigenvalue weighted by molar-refractivity contribution is -0.136. The molecule has 0 bridgehead atoms. The normalized spacial score (nSPS) is 10.4. The fourth-order valence-corrected chi connectivity index (χ4v) is 1.62. The van der Waals surface area contributed by atoms with E-state index in [1.165, 1.54) is 0 Å². The van der Waals surface area contributed by atoms with Gasteiger partial charge in [-0.15, -0.1) is 5.10 Å². The van der Waals surface area contributed by atoms with Crippen LogP contribution in [0.4, 0.5) is 0 Å². The maximum Gasteiger partial charge on any atom is 0.303 e. The van der Waals surface area contributed by atoms with E-state index >= 15 is 0 Å². The van der Waals surface area contributed by atoms with E-state index in [1.54, 1.807) is 11.6 Å². The highest BCUT2D eigenvalue weighted by atomic mass is 16.4. The maximum atomic E-state index is 10.6. The van der Waals surface area contributed by atoms with Gasteiger partial charge in [0.05, 0.1) is 5.69 Å². The molecule has 1 heterocycles. The van der Waals surface area contributed by atoms with Crippen molar-refractivity contribution >= 4 is 5.97 Å². The van der Waals surface area contributed by atoms with Crippen LogP contribution in [-0.4, -0.2) is 31.3 Å². The number of rotatable bonds is 4. The molecule has 0 aliphatic rings. The second-order valence-electron chi connectivity index (χ2n) is 3.66. The minimum Gasteiger partial charge on any atom is -0.481 e. The van der Waals surface area contributed by atoms with Gasteiger partial charge in [-0.3, -0.25) is 4.79 Å². The molecule has 1 aromatic heterocycles. The van der Waals surface area contributed by atoms with Crippen molar-refractivity contribution in [3.63, 3.8) is 0 Å². The molecule has 88 valence electrons. The van der Waals surface area contributed by atoms with Gasteiger partial charge in [0.1, 0.15) is 0 Å². The molecule has 0 saturated carbocycles. The summed E-state index contributed by atoms with van der Waals surface area (Å²) in [6.07, 6.45) is 0.559. The molecule has 0 atom stereocenters. The molecule has 6 heteroatoms. The van der Waals surface area contributed by atoms with Gasteiger partial charge in [-0.05, 0) is 35.4 Å². The third-order valence-corrected chi connectivity index (χ3v) is 2.45. The number of para-hydroxylation sites is 1. The monoisotopic (exact) mass is 232 g/mol. The van der Waals surface area contributed by atoms with Crippen molar-refractivity contribution < 1.29 is 9.90 Å². The topological polar surface area (TPSA) is 80.9 Å². The molecule has 0 aliphatic carbocycles. The summed E-state index contributed by atoms with van der Waals surface area (Å²) in [5.74, 6) is -0.138. The van der Waals surface area contributed by atoms with Crippen LogP contribution in [0.2, 0.25) is 0 Å². The molecule has 17 heavy (non-hydrogen) atoms. The molecule has 2 aromatic rings. The van der Waals surface area contributed by atoms with E-state index in [9.17, 15) is 4.79 Å². The number of carboxylic acids is 1. The van der Waals surface area contributed by atoms with Gasteiger partial charge in [-0.2, -0.15) is 4.68 Å². The predicted molar refractivity (Wildman–Crippen MR) is 59.8 cm³/mol. The molecule has 1 aromatic carbocycles. The van der Waals surface area contributed by atoms with Crippen molar-refractivity contribution in [3.05, 3.63) is 35.7 Å². The zero-order valence-corrected chi connectivity index (χ0v) is 9.37. The quantitative estimate of drug-likeness (QED) is 0.850. The molecule has 1 N–H and O–H groups in total. The minimum atomic E-state index is -0.812. The molecule has 0 radical (unpaired) electrons. The van der Waals surface area contributed by atoms with E-state index in [4.69, 9.17) is 5.11 Å². The first kappa shape index (κ1) is 11.3. The number of aliphatic carboxylic acids is 1. The zero-order chi connectivity index (χ0) is 12.3. The molecule has 0 saturated heterocycles. The molecule has 0 fully saturated rings. The zero-order valence-electron chi connectivity index (χ0n) is 9.37. The first-order chi connectivity index (χ1) is 8.18. The number of aromatic nitrogens is 4. The summed E-state index contributed by atoms with van der Waals surface area (Å²) in [5.41, 5.74) is 1.75. The lowest BCUT2D eigenvalue weighted by Crippen LogP contribution is -2.05. The summed E-state index contributed by atoms with van der Waals surface area (Å²) in [5, 5.41) is 20.0. The molecular formula is C11H12N4O2. The van der Waals surface area contributed by atoms with E-state index in [0.717, 1.165) is 11.3 Å². The predicted octanol–water partition coefficient (Wildman–Crippen LogP) is 0.988. The molecular weight excluding hydrogens is 220 g/mol. The largest absolute Gasteiger partial charge is 0.481 e. The number of carbonyl (C=O) groups is 1. The highest BCUT2D eigenvalue weighted by molar-refractivity contribution is 5.67. The summed E-state index contributed by atoms with van der Waals surface area (Å²) >= 11 is 0. The number of hydrogen-bond donors (Lipinski definition) is 1. The molecule has 0 amide bonds. The van der Waals surface area contributed by atoms with Gasteiger partial charge >= 0.3 is 5.97 Å². The van der Waals surface area contributed by atoms with E-state index in [-0.39, 0.29) is 6.42 Å². The summed E-state index contributed by atoms with van der Waals surface area (Å²) < 4.78 is 1.61. The number of carboxylic acid groups (broad SMARTS) is 1. The van der Waals surface area contributed by atoms with Crippen molar-refractivity contribution in [3.8, 4) is 5.69 Å². The Morgan fingerprint density at radius 2 is 2.18 bits per heavy atom. The first-order valence-electron chi connectivity index (χ1n) is 5.23. The summed E-state index contributed by atoms with van der Waals surface area (Å²) in [6, 6.07) is 7.51. The average Bonchev–Trinajstić information content (AvgIpc) is 2.73. The minimum absolute atomic E-state index is 0.0954. The van der Waals surface area contributed by atoms with Gasteiger partial charge in [0, 0.05) is 6.42 Å². The highest BCUT2D eigenvalue weighted by Crippen LogP contribution is 2.15. The Hall–Kier alpha value is -2.24. The van der Waals surface area contributed by atoms with Crippen molar-refractivity contribution in [1.29, 1.82) is 0 Å². The van der Waals surface area contributed by atoms with Crippen LogP contribution < -0.4 is 0 Å². The SMILES string of the molecule is Cc1nnnn1-c1ccccc1CCC(=O)O. The van der Waals surface area contributed by atoms with Gasteiger partial charge < -0.3 is 5.11 Å². The Labute approximate surface area is 97.9 Å².